The van der Waals surface area contributed by atoms with Crippen molar-refractivity contribution in [3.8, 4) is 5.75 Å². The van der Waals surface area contributed by atoms with E-state index >= 15 is 0 Å². The smallest absolute Gasteiger partial charge is 0.255 e. The Bertz CT molecular complexity index is 1620. The van der Waals surface area contributed by atoms with Gasteiger partial charge in [-0.15, -0.1) is 5.10 Å². The Morgan fingerprint density at radius 3 is 2.43 bits per heavy atom. The van der Waals surface area contributed by atoms with Crippen molar-refractivity contribution in [2.24, 2.45) is 5.92 Å². The number of amides is 4. The predicted molar refractivity (Wildman–Crippen MR) is 188 cm³/mol. The van der Waals surface area contributed by atoms with Crippen LogP contribution in [0.3, 0.4) is 0 Å². The minimum Gasteiger partial charge on any atom is -0.486 e. The van der Waals surface area contributed by atoms with Crippen LogP contribution in [-0.4, -0.2) is 113 Å². The van der Waals surface area contributed by atoms with Crippen molar-refractivity contribution in [2.45, 2.75) is 70.8 Å². The zero-order chi connectivity index (χ0) is 36.2. The molecule has 2 aromatic carbocycles. The van der Waals surface area contributed by atoms with Gasteiger partial charge < -0.3 is 34.6 Å². The summed E-state index contributed by atoms with van der Waals surface area (Å²) in [4.78, 5) is 58.8. The van der Waals surface area contributed by atoms with Crippen LogP contribution in [0.5, 0.6) is 5.75 Å². The maximum atomic E-state index is 14.2. The average Bonchev–Trinajstić information content (AvgIpc) is 3.81. The molecule has 3 heterocycles. The molecule has 0 radical (unpaired) electrons. The van der Waals surface area contributed by atoms with Crippen molar-refractivity contribution in [3.63, 3.8) is 0 Å². The van der Waals surface area contributed by atoms with Crippen LogP contribution in [0, 0.1) is 5.92 Å². The van der Waals surface area contributed by atoms with E-state index < -0.39 is 24.0 Å². The molecule has 3 atom stereocenters. The molecule has 274 valence electrons. The van der Waals surface area contributed by atoms with Crippen LogP contribution < -0.4 is 15.4 Å². The fraction of sp³-hybridized carbons (Fsp3) is 0.514. The molecule has 14 heteroatoms. The van der Waals surface area contributed by atoms with E-state index in [0.717, 1.165) is 5.56 Å². The monoisotopic (exact) mass is 703 g/mol. The standard InChI is InChI=1S/C37H49N7O7/c1-26(2)22-30-36(47)44-16-9-13-31(44)37(48)42(3)32(23-27-10-5-4-6-11-27)35(46)38-15-18-49-20-21-50-19-17-43-24-28(40-41-43)25-51-33-14-8-7-12-29(33)34(45)39-30/h4-8,10-12,14,24,26,30-32H,9,13,15-23,25H2,1-3H3,(H,38,46)(H,39,45)/t30-,31-,32+/m1/s1. The Labute approximate surface area is 298 Å². The molecule has 0 aliphatic carbocycles. The topological polar surface area (TPSA) is 157 Å². The first-order valence-corrected chi connectivity index (χ1v) is 17.7. The van der Waals surface area contributed by atoms with Gasteiger partial charge in [0.15, 0.2) is 0 Å². The number of carbonyl (C=O) groups excluding carboxylic acids is 4. The Kier molecular flexibility index (Phi) is 13.5. The number of carbonyl (C=O) groups is 4. The Morgan fingerprint density at radius 2 is 1.65 bits per heavy atom. The lowest BCUT2D eigenvalue weighted by Crippen LogP contribution is -2.57. The molecular weight excluding hydrogens is 654 g/mol. The van der Waals surface area contributed by atoms with E-state index in [1.54, 1.807) is 47.1 Å². The van der Waals surface area contributed by atoms with E-state index in [1.807, 2.05) is 44.2 Å². The van der Waals surface area contributed by atoms with Gasteiger partial charge in [-0.2, -0.15) is 0 Å². The van der Waals surface area contributed by atoms with E-state index in [4.69, 9.17) is 14.2 Å². The van der Waals surface area contributed by atoms with E-state index in [-0.39, 0.29) is 49.0 Å². The van der Waals surface area contributed by atoms with Crippen molar-refractivity contribution in [3.05, 3.63) is 77.6 Å². The molecule has 1 fully saturated rings. The summed E-state index contributed by atoms with van der Waals surface area (Å²) in [7, 11) is 1.61. The summed E-state index contributed by atoms with van der Waals surface area (Å²) in [6.45, 7) is 6.49. The fourth-order valence-electron chi connectivity index (χ4n) is 6.34. The average molecular weight is 704 g/mol. The molecule has 14 nitrogen and oxygen atoms in total. The second-order valence-electron chi connectivity index (χ2n) is 13.3. The summed E-state index contributed by atoms with van der Waals surface area (Å²) < 4.78 is 19.0. The number of ether oxygens (including phenoxy) is 3. The fourth-order valence-corrected chi connectivity index (χ4v) is 6.34. The number of nitrogens with zero attached hydrogens (tertiary/aromatic N) is 5. The molecule has 0 unspecified atom stereocenters. The molecule has 51 heavy (non-hydrogen) atoms. The van der Waals surface area contributed by atoms with Gasteiger partial charge in [-0.25, -0.2) is 4.68 Å². The third-order valence-electron chi connectivity index (χ3n) is 9.00. The summed E-state index contributed by atoms with van der Waals surface area (Å²) >= 11 is 0. The van der Waals surface area contributed by atoms with E-state index in [0.29, 0.717) is 70.0 Å². The molecule has 2 bridgehead atoms. The number of benzene rings is 2. The molecule has 4 amide bonds. The predicted octanol–water partition coefficient (Wildman–Crippen LogP) is 2.23. The molecule has 2 aliphatic heterocycles. The SMILES string of the molecule is CC(C)C[C@H]1NC(=O)c2ccccc2OCc2cn(nn2)CCOCCOCCNC(=O)[C@H](Cc2ccccc2)N(C)C(=O)[C@H]2CCCN2C1=O. The zero-order valence-corrected chi connectivity index (χ0v) is 29.7. The highest BCUT2D eigenvalue weighted by atomic mass is 16.5. The number of rotatable bonds is 4. The summed E-state index contributed by atoms with van der Waals surface area (Å²) in [6.07, 6.45) is 3.49. The molecule has 3 aromatic rings. The molecule has 1 saturated heterocycles. The van der Waals surface area contributed by atoms with Gasteiger partial charge in [0.1, 0.15) is 36.2 Å². The van der Waals surface area contributed by atoms with Crippen LogP contribution in [0.4, 0.5) is 0 Å². The van der Waals surface area contributed by atoms with Crippen molar-refractivity contribution < 1.29 is 33.4 Å². The molecule has 2 aliphatic rings. The van der Waals surface area contributed by atoms with Gasteiger partial charge in [0.25, 0.3) is 5.91 Å². The van der Waals surface area contributed by atoms with Gasteiger partial charge in [-0.1, -0.05) is 61.5 Å². The van der Waals surface area contributed by atoms with Crippen LogP contribution in [0.1, 0.15) is 54.7 Å². The molecule has 0 spiro atoms. The van der Waals surface area contributed by atoms with Crippen molar-refractivity contribution in [1.82, 2.24) is 35.4 Å². The molecular formula is C37H49N7O7. The third kappa shape index (κ3) is 10.4. The summed E-state index contributed by atoms with van der Waals surface area (Å²) in [5, 5.41) is 14.2. The number of likely N-dealkylation sites (N-methyl/N-ethyl adjacent to an activating group) is 1. The van der Waals surface area contributed by atoms with Crippen LogP contribution >= 0.6 is 0 Å². The van der Waals surface area contributed by atoms with Crippen LogP contribution in [0.15, 0.2) is 60.8 Å². The van der Waals surface area contributed by atoms with Crippen molar-refractivity contribution in [1.29, 1.82) is 0 Å². The normalized spacial score (nSPS) is 22.2. The second kappa shape index (κ2) is 18.4. The van der Waals surface area contributed by atoms with Crippen LogP contribution in [-0.2, 0) is 43.4 Å². The first-order valence-electron chi connectivity index (χ1n) is 17.7. The van der Waals surface area contributed by atoms with Gasteiger partial charge in [0.2, 0.25) is 17.7 Å². The van der Waals surface area contributed by atoms with Gasteiger partial charge >= 0.3 is 0 Å². The second-order valence-corrected chi connectivity index (χ2v) is 13.3. The summed E-state index contributed by atoms with van der Waals surface area (Å²) in [5.41, 5.74) is 1.74. The van der Waals surface area contributed by atoms with Gasteiger partial charge in [-0.3, -0.25) is 19.2 Å². The largest absolute Gasteiger partial charge is 0.486 e. The quantitative estimate of drug-likeness (QED) is 0.416. The van der Waals surface area contributed by atoms with Gasteiger partial charge in [0.05, 0.1) is 44.7 Å². The molecule has 2 N–H and O–H groups in total. The van der Waals surface area contributed by atoms with E-state index in [1.165, 1.54) is 4.90 Å². The van der Waals surface area contributed by atoms with Crippen LogP contribution in [0.25, 0.3) is 0 Å². The Balaban J connectivity index is 1.39. The number of hydrogen-bond acceptors (Lipinski definition) is 9. The maximum absolute atomic E-state index is 14.2. The van der Waals surface area contributed by atoms with Crippen molar-refractivity contribution in [2.75, 3.05) is 46.6 Å². The highest BCUT2D eigenvalue weighted by Gasteiger charge is 2.41. The number of hydrogen-bond donors (Lipinski definition) is 2. The third-order valence-corrected chi connectivity index (χ3v) is 9.00. The minimum absolute atomic E-state index is 0.0708. The lowest BCUT2D eigenvalue weighted by atomic mass is 10.0. The first kappa shape index (κ1) is 37.4. The highest BCUT2D eigenvalue weighted by molar-refractivity contribution is 6.00. The van der Waals surface area contributed by atoms with Gasteiger partial charge in [0, 0.05) is 26.6 Å². The lowest BCUT2D eigenvalue weighted by molar-refractivity contribution is -0.147. The van der Waals surface area contributed by atoms with Gasteiger partial charge in [-0.05, 0) is 42.9 Å². The van der Waals surface area contributed by atoms with E-state index in [9.17, 15) is 19.2 Å². The summed E-state index contributed by atoms with van der Waals surface area (Å²) in [6, 6.07) is 13.9. The number of aromatic nitrogens is 3. The molecule has 1 aromatic heterocycles. The molecule has 0 saturated carbocycles. The van der Waals surface area contributed by atoms with Crippen LogP contribution in [0.2, 0.25) is 0 Å². The first-order chi connectivity index (χ1) is 24.7. The number of nitrogens with one attached hydrogen (secondary N) is 2. The number of para-hydroxylation sites is 1. The Morgan fingerprint density at radius 1 is 0.902 bits per heavy atom. The zero-order valence-electron chi connectivity index (χ0n) is 29.7. The number of fused-ring (bicyclic) bond motifs is 4. The highest BCUT2D eigenvalue weighted by Crippen LogP contribution is 2.25. The lowest BCUT2D eigenvalue weighted by Gasteiger charge is -2.34. The summed E-state index contributed by atoms with van der Waals surface area (Å²) in [5.74, 6) is -1.02. The van der Waals surface area contributed by atoms with Crippen molar-refractivity contribution >= 4 is 23.6 Å². The Hall–Kier alpha value is -4.82. The minimum atomic E-state index is -0.881. The van der Waals surface area contributed by atoms with E-state index in [2.05, 4.69) is 20.9 Å². The maximum Gasteiger partial charge on any atom is 0.255 e. The molecule has 5 rings (SSSR count).